The zero-order chi connectivity index (χ0) is 22.3. The molecule has 2 aromatic carbocycles. The fraction of sp³-hybridized carbons (Fsp3) is 0.300. The molecule has 0 atom stereocenters. The molecule has 0 saturated heterocycles. The quantitative estimate of drug-likeness (QED) is 0.277. The van der Waals surface area contributed by atoms with Crippen molar-refractivity contribution in [3.05, 3.63) is 69.3 Å². The lowest BCUT2D eigenvalue weighted by Gasteiger charge is -2.08. The minimum absolute atomic E-state index is 0.0618. The number of rotatable bonds is 9. The molecule has 0 spiro atoms. The number of nitrogens with one attached hydrogen (secondary N) is 1. The van der Waals surface area contributed by atoms with Gasteiger partial charge in [-0.3, -0.25) is 14.9 Å². The molecule has 0 aliphatic rings. The number of nitro groups is 1. The van der Waals surface area contributed by atoms with Crippen molar-refractivity contribution in [2.45, 2.75) is 24.7 Å². The molecule has 0 aromatic heterocycles. The average molecular weight is 434 g/mol. The van der Waals surface area contributed by atoms with Gasteiger partial charge in [0.2, 0.25) is 5.91 Å². The van der Waals surface area contributed by atoms with Crippen LogP contribution >= 0.6 is 0 Å². The summed E-state index contributed by atoms with van der Waals surface area (Å²) in [5.74, 6) is -1.13. The zero-order valence-electron chi connectivity index (χ0n) is 16.6. The highest BCUT2D eigenvalue weighted by molar-refractivity contribution is 7.90. The Morgan fingerprint density at radius 2 is 1.80 bits per heavy atom. The van der Waals surface area contributed by atoms with Gasteiger partial charge in [-0.2, -0.15) is 0 Å². The molecule has 2 aromatic rings. The number of esters is 1. The van der Waals surface area contributed by atoms with Gasteiger partial charge < -0.3 is 10.1 Å². The van der Waals surface area contributed by atoms with E-state index in [0.717, 1.165) is 35.6 Å². The first-order valence-electron chi connectivity index (χ1n) is 9.05. The Hall–Kier alpha value is -3.27. The summed E-state index contributed by atoms with van der Waals surface area (Å²) in [5.41, 5.74) is 1.39. The lowest BCUT2D eigenvalue weighted by atomic mass is 10.1. The first-order chi connectivity index (χ1) is 14.1. The van der Waals surface area contributed by atoms with Crippen molar-refractivity contribution in [3.63, 3.8) is 0 Å². The maximum absolute atomic E-state index is 12.1. The van der Waals surface area contributed by atoms with Gasteiger partial charge in [-0.1, -0.05) is 29.8 Å². The van der Waals surface area contributed by atoms with Crippen molar-refractivity contribution in [1.29, 1.82) is 0 Å². The SMILES string of the molecule is Cc1ccc(CCC(=O)NCCOC(=O)c2cc([N+](=O)[O-])cc(S(C)(=O)=O)c2)cc1. The van der Waals surface area contributed by atoms with E-state index in [1.165, 1.54) is 0 Å². The van der Waals surface area contributed by atoms with Gasteiger partial charge in [0.1, 0.15) is 6.61 Å². The molecule has 0 heterocycles. The number of hydrogen-bond acceptors (Lipinski definition) is 7. The third kappa shape index (κ3) is 6.96. The summed E-state index contributed by atoms with van der Waals surface area (Å²) in [6.45, 7) is 1.88. The van der Waals surface area contributed by atoms with Gasteiger partial charge in [0.05, 0.1) is 21.9 Å². The van der Waals surface area contributed by atoms with Crippen LogP contribution in [0.25, 0.3) is 0 Å². The van der Waals surface area contributed by atoms with Crippen LogP contribution in [0.1, 0.15) is 27.9 Å². The summed E-state index contributed by atoms with van der Waals surface area (Å²) in [5, 5.41) is 13.6. The molecule has 160 valence electrons. The maximum Gasteiger partial charge on any atom is 0.338 e. The van der Waals surface area contributed by atoms with Crippen LogP contribution in [0.3, 0.4) is 0 Å². The number of hydrogen-bond donors (Lipinski definition) is 1. The Kier molecular flexibility index (Phi) is 7.65. The molecule has 0 bridgehead atoms. The van der Waals surface area contributed by atoms with Crippen LogP contribution < -0.4 is 5.32 Å². The highest BCUT2D eigenvalue weighted by Gasteiger charge is 2.20. The van der Waals surface area contributed by atoms with Crippen molar-refractivity contribution < 1.29 is 27.7 Å². The summed E-state index contributed by atoms with van der Waals surface area (Å²) in [7, 11) is -3.75. The van der Waals surface area contributed by atoms with Gasteiger partial charge in [0, 0.05) is 24.8 Å². The van der Waals surface area contributed by atoms with E-state index >= 15 is 0 Å². The Morgan fingerprint density at radius 1 is 1.13 bits per heavy atom. The molecule has 0 fully saturated rings. The van der Waals surface area contributed by atoms with Crippen LogP contribution in [-0.2, 0) is 25.8 Å². The largest absolute Gasteiger partial charge is 0.460 e. The first kappa shape index (κ1) is 23.0. The van der Waals surface area contributed by atoms with Crippen LogP contribution in [0, 0.1) is 17.0 Å². The molecule has 1 N–H and O–H groups in total. The summed E-state index contributed by atoms with van der Waals surface area (Å²) in [4.78, 5) is 33.8. The lowest BCUT2D eigenvalue weighted by Crippen LogP contribution is -2.28. The van der Waals surface area contributed by atoms with Crippen LogP contribution in [0.4, 0.5) is 5.69 Å². The van der Waals surface area contributed by atoms with Gasteiger partial charge in [0.15, 0.2) is 9.84 Å². The molecule has 0 radical (unpaired) electrons. The molecule has 2 rings (SSSR count). The summed E-state index contributed by atoms with van der Waals surface area (Å²) in [6.07, 6.45) is 1.74. The second-order valence-electron chi connectivity index (χ2n) is 6.72. The Balaban J connectivity index is 1.85. The molecule has 10 heteroatoms. The van der Waals surface area contributed by atoms with E-state index in [1.54, 1.807) is 0 Å². The number of amides is 1. The number of nitrogens with zero attached hydrogens (tertiary/aromatic N) is 1. The molecule has 0 unspecified atom stereocenters. The zero-order valence-corrected chi connectivity index (χ0v) is 17.4. The maximum atomic E-state index is 12.1. The number of ether oxygens (including phenoxy) is 1. The second kappa shape index (κ2) is 9.97. The first-order valence-corrected chi connectivity index (χ1v) is 10.9. The minimum Gasteiger partial charge on any atom is -0.460 e. The molecular formula is C20H22N2O7S. The highest BCUT2D eigenvalue weighted by atomic mass is 32.2. The van der Waals surface area contributed by atoms with Crippen LogP contribution in [0.2, 0.25) is 0 Å². The monoisotopic (exact) mass is 434 g/mol. The summed E-state index contributed by atoms with van der Waals surface area (Å²) < 4.78 is 28.3. The number of aryl methyl sites for hydroxylation is 2. The summed E-state index contributed by atoms with van der Waals surface area (Å²) in [6, 6.07) is 10.7. The minimum atomic E-state index is -3.75. The highest BCUT2D eigenvalue weighted by Crippen LogP contribution is 2.21. The molecule has 1 amide bonds. The van der Waals surface area contributed by atoms with Gasteiger partial charge in [-0.25, -0.2) is 13.2 Å². The standard InChI is InChI=1S/C20H22N2O7S/c1-14-3-5-15(6-4-14)7-8-19(23)21-9-10-29-20(24)16-11-17(22(25)26)13-18(12-16)30(2,27)28/h3-6,11-13H,7-10H2,1-2H3,(H,21,23). The van der Waals surface area contributed by atoms with Gasteiger partial charge in [0.25, 0.3) is 5.69 Å². The van der Waals surface area contributed by atoms with Gasteiger partial charge in [-0.05, 0) is 25.0 Å². The average Bonchev–Trinajstić information content (AvgIpc) is 2.69. The van der Waals surface area contributed by atoms with Crippen LogP contribution in [0.15, 0.2) is 47.4 Å². The van der Waals surface area contributed by atoms with Gasteiger partial charge >= 0.3 is 5.97 Å². The normalized spacial score (nSPS) is 11.0. The topological polar surface area (TPSA) is 133 Å². The van der Waals surface area contributed by atoms with Crippen LogP contribution in [-0.4, -0.2) is 44.6 Å². The van der Waals surface area contributed by atoms with Crippen LogP contribution in [0.5, 0.6) is 0 Å². The second-order valence-corrected chi connectivity index (χ2v) is 8.73. The van der Waals surface area contributed by atoms with Gasteiger partial charge in [-0.15, -0.1) is 0 Å². The van der Waals surface area contributed by atoms with Crippen molar-refractivity contribution in [2.24, 2.45) is 0 Å². The summed E-state index contributed by atoms with van der Waals surface area (Å²) >= 11 is 0. The van der Waals surface area contributed by atoms with E-state index in [2.05, 4.69) is 5.32 Å². The molecule has 30 heavy (non-hydrogen) atoms. The molecule has 9 nitrogen and oxygen atoms in total. The molecule has 0 saturated carbocycles. The predicted octanol–water partition coefficient (Wildman–Crippen LogP) is 2.21. The molecule has 0 aliphatic heterocycles. The number of sulfone groups is 1. The number of non-ortho nitro benzene ring substituents is 1. The van der Waals surface area contributed by atoms with Crippen molar-refractivity contribution in [1.82, 2.24) is 5.32 Å². The van der Waals surface area contributed by atoms with E-state index in [9.17, 15) is 28.1 Å². The smallest absolute Gasteiger partial charge is 0.338 e. The fourth-order valence-electron chi connectivity index (χ4n) is 2.54. The number of carbonyl (C=O) groups is 2. The molecule has 0 aliphatic carbocycles. The number of benzene rings is 2. The predicted molar refractivity (Wildman–Crippen MR) is 109 cm³/mol. The fourth-order valence-corrected chi connectivity index (χ4v) is 3.22. The van der Waals surface area contributed by atoms with E-state index in [4.69, 9.17) is 4.74 Å². The Labute approximate surface area is 174 Å². The van der Waals surface area contributed by atoms with Crippen molar-refractivity contribution >= 4 is 27.4 Å². The van der Waals surface area contributed by atoms with Crippen molar-refractivity contribution in [3.8, 4) is 0 Å². The van der Waals surface area contributed by atoms with E-state index < -0.39 is 26.4 Å². The van der Waals surface area contributed by atoms with E-state index in [0.29, 0.717) is 6.42 Å². The number of nitro benzene ring substituents is 1. The Morgan fingerprint density at radius 3 is 2.40 bits per heavy atom. The Bertz CT molecular complexity index is 1050. The van der Waals surface area contributed by atoms with E-state index in [1.807, 2.05) is 31.2 Å². The number of carbonyl (C=O) groups excluding carboxylic acids is 2. The van der Waals surface area contributed by atoms with E-state index in [-0.39, 0.29) is 35.9 Å². The third-order valence-electron chi connectivity index (χ3n) is 4.18. The van der Waals surface area contributed by atoms with Crippen molar-refractivity contribution in [2.75, 3.05) is 19.4 Å². The third-order valence-corrected chi connectivity index (χ3v) is 5.28. The lowest BCUT2D eigenvalue weighted by molar-refractivity contribution is -0.385. The molecular weight excluding hydrogens is 412 g/mol.